The molecule has 0 aliphatic heterocycles. The second kappa shape index (κ2) is 7.06. The van der Waals surface area contributed by atoms with E-state index in [-0.39, 0.29) is 11.2 Å². The van der Waals surface area contributed by atoms with Gasteiger partial charge in [0.15, 0.2) is 5.78 Å². The summed E-state index contributed by atoms with van der Waals surface area (Å²) in [7, 11) is 0. The minimum absolute atomic E-state index is 0.0313. The van der Waals surface area contributed by atoms with E-state index in [9.17, 15) is 4.79 Å². The zero-order valence-corrected chi connectivity index (χ0v) is 14.9. The molecule has 0 spiro atoms. The molecule has 2 aromatic carbocycles. The Hall–Kier alpha value is -1.67. The van der Waals surface area contributed by atoms with Gasteiger partial charge in [0.25, 0.3) is 0 Å². The van der Waals surface area contributed by atoms with Crippen molar-refractivity contribution in [3.05, 3.63) is 75.8 Å². The summed E-state index contributed by atoms with van der Waals surface area (Å²) in [5.74, 6) is 0.0313. The van der Waals surface area contributed by atoms with Crippen molar-refractivity contribution in [1.82, 2.24) is 0 Å². The summed E-state index contributed by atoms with van der Waals surface area (Å²) in [5.41, 5.74) is 3.15. The van der Waals surface area contributed by atoms with Crippen LogP contribution in [0.3, 0.4) is 0 Å². The zero-order valence-electron chi connectivity index (χ0n) is 13.3. The predicted molar refractivity (Wildman–Crippen MR) is 97.3 cm³/mol. The number of allylic oxidation sites excluding steroid dienone is 1. The fraction of sp³-hybridized carbons (Fsp3) is 0.250. The van der Waals surface area contributed by atoms with Crippen LogP contribution in [0.1, 0.15) is 48.7 Å². The van der Waals surface area contributed by atoms with Crippen LogP contribution in [0.2, 0.25) is 0 Å². The maximum absolute atomic E-state index is 12.2. The van der Waals surface area contributed by atoms with Gasteiger partial charge in [-0.1, -0.05) is 79.2 Å². The third-order valence-electron chi connectivity index (χ3n) is 4.13. The molecule has 0 amide bonds. The largest absolute Gasteiger partial charge is 0.289 e. The minimum atomic E-state index is 0.0313. The summed E-state index contributed by atoms with van der Waals surface area (Å²) >= 11 is 3.40. The molecule has 0 N–H and O–H groups in total. The van der Waals surface area contributed by atoms with Gasteiger partial charge in [0.1, 0.15) is 0 Å². The number of carbonyl (C=O) groups excluding carboxylic acids is 1. The van der Waals surface area contributed by atoms with Crippen molar-refractivity contribution in [3.63, 3.8) is 0 Å². The third-order valence-corrected chi connectivity index (χ3v) is 4.66. The molecule has 0 unspecified atom stereocenters. The number of carbonyl (C=O) groups is 1. The van der Waals surface area contributed by atoms with E-state index in [1.165, 1.54) is 5.56 Å². The predicted octanol–water partition coefficient (Wildman–Crippen LogP) is 6.03. The average Bonchev–Trinajstić information content (AvgIpc) is 2.54. The van der Waals surface area contributed by atoms with Crippen molar-refractivity contribution in [2.45, 2.75) is 32.6 Å². The van der Waals surface area contributed by atoms with Crippen LogP contribution < -0.4 is 0 Å². The molecular weight excluding hydrogens is 336 g/mol. The van der Waals surface area contributed by atoms with Gasteiger partial charge < -0.3 is 0 Å². The molecule has 0 radical (unpaired) electrons. The summed E-state index contributed by atoms with van der Waals surface area (Å²) in [4.78, 5) is 12.2. The van der Waals surface area contributed by atoms with Gasteiger partial charge in [0.2, 0.25) is 0 Å². The monoisotopic (exact) mass is 356 g/mol. The van der Waals surface area contributed by atoms with Crippen LogP contribution in [0.4, 0.5) is 0 Å². The summed E-state index contributed by atoms with van der Waals surface area (Å²) in [6.45, 7) is 6.62. The van der Waals surface area contributed by atoms with Crippen LogP contribution >= 0.6 is 15.9 Å². The topological polar surface area (TPSA) is 17.1 Å². The molecule has 0 aromatic heterocycles. The lowest BCUT2D eigenvalue weighted by atomic mass is 9.82. The first-order chi connectivity index (χ1) is 10.4. The number of rotatable bonds is 5. The smallest absolute Gasteiger partial charge is 0.185 e. The fourth-order valence-corrected chi connectivity index (χ4v) is 2.40. The highest BCUT2D eigenvalue weighted by Gasteiger charge is 2.17. The Morgan fingerprint density at radius 3 is 2.18 bits per heavy atom. The Balaban J connectivity index is 2.11. The quantitative estimate of drug-likeness (QED) is 0.471. The van der Waals surface area contributed by atoms with Gasteiger partial charge in [-0.15, -0.1) is 0 Å². The van der Waals surface area contributed by atoms with Gasteiger partial charge in [-0.3, -0.25) is 4.79 Å². The Morgan fingerprint density at radius 2 is 1.64 bits per heavy atom. The van der Waals surface area contributed by atoms with E-state index in [0.717, 1.165) is 22.0 Å². The number of benzene rings is 2. The highest BCUT2D eigenvalue weighted by Crippen LogP contribution is 2.26. The number of halogens is 1. The highest BCUT2D eigenvalue weighted by atomic mass is 79.9. The van der Waals surface area contributed by atoms with Crippen molar-refractivity contribution in [2.24, 2.45) is 0 Å². The van der Waals surface area contributed by atoms with Crippen LogP contribution in [0, 0.1) is 0 Å². The van der Waals surface area contributed by atoms with E-state index in [4.69, 9.17) is 0 Å². The minimum Gasteiger partial charge on any atom is -0.289 e. The third kappa shape index (κ3) is 4.17. The van der Waals surface area contributed by atoms with E-state index < -0.39 is 0 Å². The van der Waals surface area contributed by atoms with E-state index in [1.807, 2.05) is 42.5 Å². The summed E-state index contributed by atoms with van der Waals surface area (Å²) in [5, 5.41) is 0. The molecule has 0 saturated heterocycles. The molecule has 0 aliphatic rings. The molecule has 0 heterocycles. The van der Waals surface area contributed by atoms with Gasteiger partial charge in [-0.05, 0) is 41.2 Å². The van der Waals surface area contributed by atoms with Gasteiger partial charge in [0.05, 0.1) is 0 Å². The van der Waals surface area contributed by atoms with Crippen LogP contribution in [-0.4, -0.2) is 5.78 Å². The summed E-state index contributed by atoms with van der Waals surface area (Å²) in [6.07, 6.45) is 4.55. The van der Waals surface area contributed by atoms with E-state index in [0.29, 0.717) is 0 Å². The Morgan fingerprint density at radius 1 is 1.05 bits per heavy atom. The molecule has 0 saturated carbocycles. The van der Waals surface area contributed by atoms with E-state index in [1.54, 1.807) is 6.08 Å². The molecule has 22 heavy (non-hydrogen) atoms. The SMILES string of the molecule is CCC(C)(C)c1ccc(C(=O)/C=C/c2ccc(Br)cc2)cc1. The lowest BCUT2D eigenvalue weighted by Gasteiger charge is -2.23. The second-order valence-electron chi connectivity index (χ2n) is 6.06. The molecule has 2 heteroatoms. The Bertz CT molecular complexity index is 664. The second-order valence-corrected chi connectivity index (χ2v) is 6.98. The molecule has 2 aromatic rings. The highest BCUT2D eigenvalue weighted by molar-refractivity contribution is 9.10. The first-order valence-electron chi connectivity index (χ1n) is 7.51. The van der Waals surface area contributed by atoms with Gasteiger partial charge in [0, 0.05) is 10.0 Å². The van der Waals surface area contributed by atoms with Crippen molar-refractivity contribution in [2.75, 3.05) is 0 Å². The van der Waals surface area contributed by atoms with Crippen molar-refractivity contribution in [1.29, 1.82) is 0 Å². The van der Waals surface area contributed by atoms with Crippen LogP contribution in [-0.2, 0) is 5.41 Å². The van der Waals surface area contributed by atoms with E-state index >= 15 is 0 Å². The zero-order chi connectivity index (χ0) is 16.2. The molecule has 0 atom stereocenters. The maximum Gasteiger partial charge on any atom is 0.185 e. The maximum atomic E-state index is 12.2. The fourth-order valence-electron chi connectivity index (χ4n) is 2.13. The van der Waals surface area contributed by atoms with Crippen molar-refractivity contribution >= 4 is 27.8 Å². The molecule has 0 aliphatic carbocycles. The molecule has 114 valence electrons. The molecule has 0 bridgehead atoms. The first kappa shape index (κ1) is 16.7. The van der Waals surface area contributed by atoms with Crippen LogP contribution in [0.25, 0.3) is 6.08 Å². The lowest BCUT2D eigenvalue weighted by Crippen LogP contribution is -2.15. The van der Waals surface area contributed by atoms with E-state index in [2.05, 4.69) is 48.8 Å². The molecule has 1 nitrogen and oxygen atoms in total. The van der Waals surface area contributed by atoms with Crippen LogP contribution in [0.5, 0.6) is 0 Å². The molecular formula is C20H21BrO. The lowest BCUT2D eigenvalue weighted by molar-refractivity contribution is 0.104. The molecule has 2 rings (SSSR count). The molecule has 0 fully saturated rings. The number of hydrogen-bond donors (Lipinski definition) is 0. The van der Waals surface area contributed by atoms with Crippen molar-refractivity contribution in [3.8, 4) is 0 Å². The average molecular weight is 357 g/mol. The summed E-state index contributed by atoms with van der Waals surface area (Å²) < 4.78 is 1.03. The first-order valence-corrected chi connectivity index (χ1v) is 8.30. The van der Waals surface area contributed by atoms with Gasteiger partial charge in [-0.25, -0.2) is 0 Å². The van der Waals surface area contributed by atoms with Gasteiger partial charge >= 0.3 is 0 Å². The van der Waals surface area contributed by atoms with Crippen LogP contribution in [0.15, 0.2) is 59.1 Å². The normalized spacial score (nSPS) is 11.8. The Kier molecular flexibility index (Phi) is 5.36. The standard InChI is InChI=1S/C20H21BrO/c1-4-20(2,3)17-10-8-16(9-11-17)19(22)14-7-15-5-12-18(21)13-6-15/h5-14H,4H2,1-3H3/b14-7+. The number of ketones is 1. The summed E-state index contributed by atoms with van der Waals surface area (Å²) in [6, 6.07) is 15.8. The Labute approximate surface area is 141 Å². The number of hydrogen-bond acceptors (Lipinski definition) is 1. The van der Waals surface area contributed by atoms with Gasteiger partial charge in [-0.2, -0.15) is 0 Å². The van der Waals surface area contributed by atoms with Crippen molar-refractivity contribution < 1.29 is 4.79 Å².